The first-order chi connectivity index (χ1) is 5.24. The molecule has 0 amide bonds. The summed E-state index contributed by atoms with van der Waals surface area (Å²) in [6, 6.07) is 0. The molecule has 62 valence electrons. The molecule has 0 aliphatic heterocycles. The van der Waals surface area contributed by atoms with Gasteiger partial charge in [-0.2, -0.15) is 0 Å². The van der Waals surface area contributed by atoms with Gasteiger partial charge >= 0.3 is 0 Å². The number of hydrogen-bond acceptors (Lipinski definition) is 3. The number of nitrogens with zero attached hydrogens (tertiary/aromatic N) is 1. The van der Waals surface area contributed by atoms with Crippen molar-refractivity contribution in [2.24, 2.45) is 11.1 Å². The van der Waals surface area contributed by atoms with E-state index in [0.29, 0.717) is 12.8 Å². The lowest BCUT2D eigenvalue weighted by atomic mass is 10.0. The zero-order chi connectivity index (χ0) is 8.27. The zero-order valence-corrected chi connectivity index (χ0v) is 6.84. The Hall–Kier alpha value is -0.570. The highest BCUT2D eigenvalue weighted by Crippen LogP contribution is 2.25. The van der Waals surface area contributed by atoms with Crippen LogP contribution >= 0.6 is 11.6 Å². The van der Waals surface area contributed by atoms with Crippen molar-refractivity contribution in [1.29, 1.82) is 0 Å². The molecule has 0 heterocycles. The molecule has 0 aromatic carbocycles. The van der Waals surface area contributed by atoms with Crippen LogP contribution in [0.4, 0.5) is 0 Å². The highest BCUT2D eigenvalue weighted by Gasteiger charge is 2.25. The molecule has 0 saturated heterocycles. The SMILES string of the molecule is O=C1CCCC1C/C(Cl)=N/O. The molecule has 1 atom stereocenters. The van der Waals surface area contributed by atoms with Crippen molar-refractivity contribution in [3.8, 4) is 0 Å². The molecule has 1 rings (SSSR count). The molecule has 1 unspecified atom stereocenters. The molecular formula is C7H10ClNO2. The summed E-state index contributed by atoms with van der Waals surface area (Å²) in [5, 5.41) is 11.2. The summed E-state index contributed by atoms with van der Waals surface area (Å²) in [5.74, 6) is 0.241. The number of oxime groups is 1. The summed E-state index contributed by atoms with van der Waals surface area (Å²) < 4.78 is 0. The first-order valence-electron chi connectivity index (χ1n) is 3.63. The Balaban J connectivity index is 2.43. The molecule has 0 radical (unpaired) electrons. The Morgan fingerprint density at radius 1 is 1.82 bits per heavy atom. The van der Waals surface area contributed by atoms with E-state index < -0.39 is 0 Å². The predicted molar refractivity (Wildman–Crippen MR) is 42.0 cm³/mol. The van der Waals surface area contributed by atoms with Crippen LogP contribution in [0.3, 0.4) is 0 Å². The third-order valence-electron chi connectivity index (χ3n) is 1.95. The van der Waals surface area contributed by atoms with Gasteiger partial charge in [0.15, 0.2) is 0 Å². The van der Waals surface area contributed by atoms with E-state index in [1.807, 2.05) is 0 Å². The van der Waals surface area contributed by atoms with Gasteiger partial charge in [-0.25, -0.2) is 0 Å². The molecule has 0 spiro atoms. The fourth-order valence-corrected chi connectivity index (χ4v) is 1.53. The van der Waals surface area contributed by atoms with Crippen LogP contribution in [0.5, 0.6) is 0 Å². The second kappa shape index (κ2) is 3.72. The standard InChI is InChI=1S/C7H10ClNO2/c8-7(9-11)4-5-2-1-3-6(5)10/h5,11H,1-4H2/b9-7-. The van der Waals surface area contributed by atoms with E-state index in [0.717, 1.165) is 12.8 Å². The minimum atomic E-state index is -0.00148. The number of halogens is 1. The molecule has 0 aromatic heterocycles. The summed E-state index contributed by atoms with van der Waals surface area (Å²) in [4.78, 5) is 11.0. The zero-order valence-electron chi connectivity index (χ0n) is 6.09. The maximum atomic E-state index is 11.0. The lowest BCUT2D eigenvalue weighted by Crippen LogP contribution is -2.09. The normalized spacial score (nSPS) is 26.1. The molecule has 1 aliphatic rings. The smallest absolute Gasteiger partial charge is 0.146 e. The fourth-order valence-electron chi connectivity index (χ4n) is 1.35. The van der Waals surface area contributed by atoms with Crippen molar-refractivity contribution in [2.45, 2.75) is 25.7 Å². The van der Waals surface area contributed by atoms with Gasteiger partial charge in [-0.1, -0.05) is 16.8 Å². The number of ketones is 1. The summed E-state index contributed by atoms with van der Waals surface area (Å²) in [6.45, 7) is 0. The van der Waals surface area contributed by atoms with Crippen LogP contribution in [-0.4, -0.2) is 16.2 Å². The van der Waals surface area contributed by atoms with Crippen molar-refractivity contribution in [3.63, 3.8) is 0 Å². The molecule has 4 heteroatoms. The van der Waals surface area contributed by atoms with E-state index in [4.69, 9.17) is 16.8 Å². The van der Waals surface area contributed by atoms with Crippen LogP contribution in [0.2, 0.25) is 0 Å². The van der Waals surface area contributed by atoms with Crippen LogP contribution in [0, 0.1) is 5.92 Å². The second-order valence-corrected chi connectivity index (χ2v) is 3.17. The molecule has 0 bridgehead atoms. The third kappa shape index (κ3) is 2.19. The minimum absolute atomic E-state index is 0.00148. The van der Waals surface area contributed by atoms with Crippen LogP contribution in [0.25, 0.3) is 0 Å². The fraction of sp³-hybridized carbons (Fsp3) is 0.714. The van der Waals surface area contributed by atoms with E-state index in [-0.39, 0.29) is 16.9 Å². The number of rotatable bonds is 2. The number of carbonyl (C=O) groups excluding carboxylic acids is 1. The molecule has 0 aromatic rings. The number of carbonyl (C=O) groups is 1. The maximum absolute atomic E-state index is 11.0. The average Bonchev–Trinajstić information content (AvgIpc) is 2.37. The van der Waals surface area contributed by atoms with Gasteiger partial charge in [0.05, 0.1) is 0 Å². The molecule has 1 N–H and O–H groups in total. The largest absolute Gasteiger partial charge is 0.410 e. The van der Waals surface area contributed by atoms with Crippen molar-refractivity contribution in [1.82, 2.24) is 0 Å². The predicted octanol–water partition coefficient (Wildman–Crippen LogP) is 1.77. The Labute approximate surface area is 70.0 Å². The monoisotopic (exact) mass is 175 g/mol. The Morgan fingerprint density at radius 3 is 3.00 bits per heavy atom. The quantitative estimate of drug-likeness (QED) is 0.395. The van der Waals surface area contributed by atoms with Crippen molar-refractivity contribution in [2.75, 3.05) is 0 Å². The van der Waals surface area contributed by atoms with E-state index in [1.165, 1.54) is 0 Å². The van der Waals surface area contributed by atoms with E-state index in [2.05, 4.69) is 5.16 Å². The Kier molecular flexibility index (Phi) is 2.88. The van der Waals surface area contributed by atoms with Crippen LogP contribution < -0.4 is 0 Å². The summed E-state index contributed by atoms with van der Waals surface area (Å²) in [6.07, 6.45) is 2.88. The maximum Gasteiger partial charge on any atom is 0.146 e. The van der Waals surface area contributed by atoms with Gasteiger partial charge in [-0.05, 0) is 12.8 Å². The molecule has 1 saturated carbocycles. The van der Waals surface area contributed by atoms with Crippen LogP contribution in [0.15, 0.2) is 5.16 Å². The van der Waals surface area contributed by atoms with Gasteiger partial charge in [-0.15, -0.1) is 0 Å². The third-order valence-corrected chi connectivity index (χ3v) is 2.18. The molecule has 1 aliphatic carbocycles. The van der Waals surface area contributed by atoms with E-state index >= 15 is 0 Å². The van der Waals surface area contributed by atoms with Gasteiger partial charge < -0.3 is 5.21 Å². The van der Waals surface area contributed by atoms with Crippen LogP contribution in [0.1, 0.15) is 25.7 Å². The molecule has 3 nitrogen and oxygen atoms in total. The number of Topliss-reactive ketones (excluding diaryl/α,β-unsaturated/α-hetero) is 1. The Morgan fingerprint density at radius 2 is 2.55 bits per heavy atom. The van der Waals surface area contributed by atoms with Gasteiger partial charge in [0.25, 0.3) is 0 Å². The van der Waals surface area contributed by atoms with Crippen molar-refractivity contribution < 1.29 is 10.0 Å². The van der Waals surface area contributed by atoms with Gasteiger partial charge in [0, 0.05) is 18.8 Å². The first-order valence-corrected chi connectivity index (χ1v) is 4.01. The lowest BCUT2D eigenvalue weighted by molar-refractivity contribution is -0.120. The van der Waals surface area contributed by atoms with Gasteiger partial charge in [0.1, 0.15) is 11.0 Å². The van der Waals surface area contributed by atoms with Gasteiger partial charge in [0.2, 0.25) is 0 Å². The minimum Gasteiger partial charge on any atom is -0.410 e. The van der Waals surface area contributed by atoms with Crippen molar-refractivity contribution >= 4 is 22.6 Å². The summed E-state index contributed by atoms with van der Waals surface area (Å²) >= 11 is 5.46. The second-order valence-electron chi connectivity index (χ2n) is 2.74. The molecule has 11 heavy (non-hydrogen) atoms. The molecular weight excluding hydrogens is 166 g/mol. The van der Waals surface area contributed by atoms with Crippen LogP contribution in [-0.2, 0) is 4.79 Å². The number of hydrogen-bond donors (Lipinski definition) is 1. The molecule has 1 fully saturated rings. The van der Waals surface area contributed by atoms with E-state index in [9.17, 15) is 4.79 Å². The average molecular weight is 176 g/mol. The highest BCUT2D eigenvalue weighted by molar-refractivity contribution is 6.65. The lowest BCUT2D eigenvalue weighted by Gasteiger charge is -2.02. The topological polar surface area (TPSA) is 49.7 Å². The Bertz CT molecular complexity index is 191. The summed E-state index contributed by atoms with van der Waals surface area (Å²) in [7, 11) is 0. The first kappa shape index (κ1) is 8.53. The van der Waals surface area contributed by atoms with E-state index in [1.54, 1.807) is 0 Å². The summed E-state index contributed by atoms with van der Waals surface area (Å²) in [5.41, 5.74) is 0. The van der Waals surface area contributed by atoms with Crippen molar-refractivity contribution in [3.05, 3.63) is 0 Å². The van der Waals surface area contributed by atoms with Gasteiger partial charge in [-0.3, -0.25) is 4.79 Å². The highest BCUT2D eigenvalue weighted by atomic mass is 35.5.